The third-order valence-electron chi connectivity index (χ3n) is 1.70. The number of hydrogen-bond acceptors (Lipinski definition) is 4. The Morgan fingerprint density at radius 3 is 2.43 bits per heavy atom. The maximum atomic E-state index is 8.28. The van der Waals surface area contributed by atoms with Crippen molar-refractivity contribution in [2.45, 2.75) is 33.0 Å². The summed E-state index contributed by atoms with van der Waals surface area (Å²) < 4.78 is 10.7. The van der Waals surface area contributed by atoms with Crippen LogP contribution in [0, 0.1) is 11.3 Å². The van der Waals surface area contributed by atoms with Crippen LogP contribution in [0.3, 0.4) is 0 Å². The van der Waals surface area contributed by atoms with E-state index in [0.717, 1.165) is 19.4 Å². The van der Waals surface area contributed by atoms with Gasteiger partial charge in [0.1, 0.15) is 0 Å². The highest BCUT2D eigenvalue weighted by molar-refractivity contribution is 4.72. The second kappa shape index (κ2) is 10.5. The van der Waals surface area contributed by atoms with E-state index in [1.807, 2.05) is 19.9 Å². The number of rotatable bonds is 9. The van der Waals surface area contributed by atoms with Crippen LogP contribution in [0.4, 0.5) is 0 Å². The minimum Gasteiger partial charge on any atom is -0.353 e. The van der Waals surface area contributed by atoms with Gasteiger partial charge in [-0.15, -0.1) is 0 Å². The summed E-state index contributed by atoms with van der Waals surface area (Å²) in [6, 6.07) is 2.03. The van der Waals surface area contributed by atoms with Crippen molar-refractivity contribution in [1.29, 1.82) is 5.26 Å². The van der Waals surface area contributed by atoms with Crippen LogP contribution < -0.4 is 5.32 Å². The lowest BCUT2D eigenvalue weighted by Gasteiger charge is -2.16. The van der Waals surface area contributed by atoms with Crippen LogP contribution in [0.5, 0.6) is 0 Å². The molecule has 0 aromatic heterocycles. The Hall–Kier alpha value is -0.630. The van der Waals surface area contributed by atoms with E-state index >= 15 is 0 Å². The van der Waals surface area contributed by atoms with Crippen LogP contribution in [0.25, 0.3) is 0 Å². The summed E-state index contributed by atoms with van der Waals surface area (Å²) in [5.41, 5.74) is 0. The van der Waals surface area contributed by atoms with Crippen molar-refractivity contribution in [3.8, 4) is 6.07 Å². The molecule has 82 valence electrons. The van der Waals surface area contributed by atoms with Gasteiger partial charge in [0.05, 0.1) is 12.6 Å². The fraction of sp³-hybridized carbons (Fsp3) is 0.900. The molecule has 4 heteroatoms. The Bertz CT molecular complexity index is 151. The molecule has 0 aliphatic carbocycles. The molecule has 0 saturated carbocycles. The summed E-state index contributed by atoms with van der Waals surface area (Å²) in [6.45, 7) is 6.52. The van der Waals surface area contributed by atoms with E-state index in [9.17, 15) is 0 Å². The fourth-order valence-corrected chi connectivity index (χ4v) is 1.12. The highest BCUT2D eigenvalue weighted by Crippen LogP contribution is 2.03. The van der Waals surface area contributed by atoms with Crippen LogP contribution in [0.2, 0.25) is 0 Å². The molecule has 0 unspecified atom stereocenters. The van der Waals surface area contributed by atoms with Crippen LogP contribution in [0.1, 0.15) is 26.7 Å². The first-order valence-electron chi connectivity index (χ1n) is 5.16. The monoisotopic (exact) mass is 200 g/mol. The third-order valence-corrected chi connectivity index (χ3v) is 1.70. The maximum absolute atomic E-state index is 8.28. The van der Waals surface area contributed by atoms with Crippen LogP contribution >= 0.6 is 0 Å². The second-order valence-electron chi connectivity index (χ2n) is 2.82. The number of nitrogens with one attached hydrogen (secondary N) is 1. The van der Waals surface area contributed by atoms with Gasteiger partial charge < -0.3 is 14.8 Å². The molecule has 4 nitrogen and oxygen atoms in total. The van der Waals surface area contributed by atoms with E-state index in [1.165, 1.54) is 0 Å². The molecule has 0 aliphatic heterocycles. The van der Waals surface area contributed by atoms with Crippen molar-refractivity contribution in [2.24, 2.45) is 0 Å². The van der Waals surface area contributed by atoms with E-state index in [2.05, 4.69) is 5.32 Å². The molecule has 0 rings (SSSR count). The Labute approximate surface area is 86.2 Å². The van der Waals surface area contributed by atoms with Gasteiger partial charge in [-0.25, -0.2) is 0 Å². The number of hydrogen-bond donors (Lipinski definition) is 1. The molecule has 1 N–H and O–H groups in total. The van der Waals surface area contributed by atoms with Gasteiger partial charge in [-0.2, -0.15) is 5.26 Å². The van der Waals surface area contributed by atoms with E-state index in [1.54, 1.807) is 0 Å². The molecule has 0 aliphatic rings. The first-order valence-corrected chi connectivity index (χ1v) is 5.16. The molecule has 0 heterocycles. The molecular weight excluding hydrogens is 180 g/mol. The second-order valence-corrected chi connectivity index (χ2v) is 2.82. The summed E-state index contributed by atoms with van der Waals surface area (Å²) in [4.78, 5) is 0. The predicted octanol–water partition coefficient (Wildman–Crippen LogP) is 1.28. The van der Waals surface area contributed by atoms with Crippen molar-refractivity contribution in [2.75, 3.05) is 26.3 Å². The largest absolute Gasteiger partial charge is 0.353 e. The molecule has 0 aromatic carbocycles. The smallest absolute Gasteiger partial charge is 0.157 e. The van der Waals surface area contributed by atoms with Crippen molar-refractivity contribution in [1.82, 2.24) is 5.32 Å². The lowest BCUT2D eigenvalue weighted by atomic mass is 10.3. The molecule has 0 spiro atoms. The van der Waals surface area contributed by atoms with Gasteiger partial charge in [0.15, 0.2) is 6.29 Å². The van der Waals surface area contributed by atoms with Crippen molar-refractivity contribution in [3.05, 3.63) is 0 Å². The Morgan fingerprint density at radius 1 is 1.29 bits per heavy atom. The lowest BCUT2D eigenvalue weighted by molar-refractivity contribution is -0.139. The van der Waals surface area contributed by atoms with Crippen LogP contribution in [-0.2, 0) is 9.47 Å². The van der Waals surface area contributed by atoms with E-state index in [-0.39, 0.29) is 6.29 Å². The predicted molar refractivity (Wildman–Crippen MR) is 54.8 cm³/mol. The average Bonchev–Trinajstić information content (AvgIpc) is 2.18. The minimum absolute atomic E-state index is 0.0890. The lowest BCUT2D eigenvalue weighted by Crippen LogP contribution is -2.21. The van der Waals surface area contributed by atoms with Gasteiger partial charge in [0, 0.05) is 13.2 Å². The summed E-state index contributed by atoms with van der Waals surface area (Å²) in [5, 5.41) is 11.3. The SMILES string of the molecule is CCOC(CCCNCC#N)OCC. The molecule has 0 atom stereocenters. The zero-order chi connectivity index (χ0) is 10.6. The number of nitrogens with zero attached hydrogens (tertiary/aromatic N) is 1. The summed E-state index contributed by atoms with van der Waals surface area (Å²) in [7, 11) is 0. The molecule has 0 fully saturated rings. The molecule has 0 amide bonds. The normalized spacial score (nSPS) is 10.4. The Morgan fingerprint density at radius 2 is 1.93 bits per heavy atom. The van der Waals surface area contributed by atoms with Crippen molar-refractivity contribution in [3.63, 3.8) is 0 Å². The first kappa shape index (κ1) is 13.4. The van der Waals surface area contributed by atoms with Crippen LogP contribution in [-0.4, -0.2) is 32.6 Å². The molecule has 14 heavy (non-hydrogen) atoms. The van der Waals surface area contributed by atoms with Crippen molar-refractivity contribution < 1.29 is 9.47 Å². The molecule has 0 radical (unpaired) electrons. The van der Waals surface area contributed by atoms with Crippen molar-refractivity contribution >= 4 is 0 Å². The fourth-order valence-electron chi connectivity index (χ4n) is 1.12. The summed E-state index contributed by atoms with van der Waals surface area (Å²) in [6.07, 6.45) is 1.75. The topological polar surface area (TPSA) is 54.3 Å². The highest BCUT2D eigenvalue weighted by Gasteiger charge is 2.06. The zero-order valence-corrected chi connectivity index (χ0v) is 9.08. The van der Waals surface area contributed by atoms with E-state index < -0.39 is 0 Å². The van der Waals surface area contributed by atoms with Gasteiger partial charge in [0.25, 0.3) is 0 Å². The zero-order valence-electron chi connectivity index (χ0n) is 9.08. The van der Waals surface area contributed by atoms with E-state index in [4.69, 9.17) is 14.7 Å². The Balaban J connectivity index is 3.36. The first-order chi connectivity index (χ1) is 6.85. The Kier molecular flexibility index (Phi) is 9.98. The number of nitriles is 1. The van der Waals surface area contributed by atoms with Gasteiger partial charge in [-0.3, -0.25) is 0 Å². The average molecular weight is 200 g/mol. The summed E-state index contributed by atoms with van der Waals surface area (Å²) >= 11 is 0. The van der Waals surface area contributed by atoms with E-state index in [0.29, 0.717) is 19.8 Å². The number of ether oxygens (including phenoxy) is 2. The molecule has 0 aromatic rings. The molecular formula is C10H20N2O2. The van der Waals surface area contributed by atoms with Gasteiger partial charge in [0.2, 0.25) is 0 Å². The standard InChI is InChI=1S/C10H20N2O2/c1-3-13-10(14-4-2)6-5-8-12-9-7-11/h10,12H,3-6,8-9H2,1-2H3. The maximum Gasteiger partial charge on any atom is 0.157 e. The highest BCUT2D eigenvalue weighted by atomic mass is 16.7. The van der Waals surface area contributed by atoms with Gasteiger partial charge >= 0.3 is 0 Å². The van der Waals surface area contributed by atoms with Gasteiger partial charge in [-0.05, 0) is 33.2 Å². The molecule has 0 saturated heterocycles. The third kappa shape index (κ3) is 7.99. The van der Waals surface area contributed by atoms with Gasteiger partial charge in [-0.1, -0.05) is 0 Å². The quantitative estimate of drug-likeness (QED) is 0.346. The molecule has 0 bridgehead atoms. The summed E-state index contributed by atoms with van der Waals surface area (Å²) in [5.74, 6) is 0. The minimum atomic E-state index is -0.0890. The van der Waals surface area contributed by atoms with Crippen LogP contribution in [0.15, 0.2) is 0 Å².